The van der Waals surface area contributed by atoms with Gasteiger partial charge in [-0.15, -0.1) is 11.3 Å². The van der Waals surface area contributed by atoms with Crippen molar-refractivity contribution in [3.8, 4) is 10.4 Å². The van der Waals surface area contributed by atoms with Gasteiger partial charge >= 0.3 is 0 Å². The number of nitrogens with one attached hydrogen (secondary N) is 1. The molecule has 1 heterocycles. The first-order chi connectivity index (χ1) is 11.1. The van der Waals surface area contributed by atoms with Gasteiger partial charge in [0.15, 0.2) is 0 Å². The zero-order valence-corrected chi connectivity index (χ0v) is 14.4. The van der Waals surface area contributed by atoms with Gasteiger partial charge in [-0.1, -0.05) is 47.5 Å². The van der Waals surface area contributed by atoms with Crippen molar-refractivity contribution in [1.82, 2.24) is 5.32 Å². The molecule has 0 radical (unpaired) electrons. The van der Waals surface area contributed by atoms with E-state index in [-0.39, 0.29) is 5.91 Å². The maximum absolute atomic E-state index is 12.2. The molecule has 0 saturated carbocycles. The Hall–Kier alpha value is -1.81. The Kier molecular flexibility index (Phi) is 5.01. The van der Waals surface area contributed by atoms with Gasteiger partial charge in [0.05, 0.1) is 10.0 Å². The molecule has 0 saturated heterocycles. The molecule has 5 heteroatoms. The third-order valence-corrected chi connectivity index (χ3v) is 5.05. The van der Waals surface area contributed by atoms with Crippen molar-refractivity contribution >= 4 is 40.4 Å². The summed E-state index contributed by atoms with van der Waals surface area (Å²) in [6.07, 6.45) is 0. The molecule has 0 fully saturated rings. The zero-order valence-electron chi connectivity index (χ0n) is 12.1. The van der Waals surface area contributed by atoms with Gasteiger partial charge in [-0.25, -0.2) is 0 Å². The fourth-order valence-electron chi connectivity index (χ4n) is 2.16. The molecule has 2 aromatic carbocycles. The predicted molar refractivity (Wildman–Crippen MR) is 97.4 cm³/mol. The van der Waals surface area contributed by atoms with E-state index in [0.717, 1.165) is 11.1 Å². The lowest BCUT2D eigenvalue weighted by Gasteiger charge is -2.07. The van der Waals surface area contributed by atoms with Crippen LogP contribution >= 0.6 is 34.5 Å². The number of carbonyl (C=O) groups excluding carboxylic acids is 1. The number of carbonyl (C=O) groups is 1. The summed E-state index contributed by atoms with van der Waals surface area (Å²) in [6, 6.07) is 17.0. The molecule has 0 bridgehead atoms. The van der Waals surface area contributed by atoms with Crippen molar-refractivity contribution in [2.24, 2.45) is 0 Å². The van der Waals surface area contributed by atoms with Gasteiger partial charge in [-0.3, -0.25) is 4.79 Å². The molecule has 0 atom stereocenters. The van der Waals surface area contributed by atoms with Crippen LogP contribution < -0.4 is 5.32 Å². The van der Waals surface area contributed by atoms with Crippen LogP contribution in [0.5, 0.6) is 0 Å². The third kappa shape index (κ3) is 3.94. The summed E-state index contributed by atoms with van der Waals surface area (Å²) in [4.78, 5) is 13.4. The van der Waals surface area contributed by atoms with Crippen molar-refractivity contribution in [3.05, 3.63) is 81.1 Å². The minimum absolute atomic E-state index is 0.117. The van der Waals surface area contributed by atoms with E-state index in [1.807, 2.05) is 41.8 Å². The van der Waals surface area contributed by atoms with Gasteiger partial charge in [0.1, 0.15) is 0 Å². The Bertz CT molecular complexity index is 814. The molecule has 0 aliphatic carbocycles. The summed E-state index contributed by atoms with van der Waals surface area (Å²) in [5.41, 5.74) is 2.65. The van der Waals surface area contributed by atoms with Crippen molar-refractivity contribution in [2.45, 2.75) is 6.54 Å². The van der Waals surface area contributed by atoms with E-state index < -0.39 is 0 Å². The molecule has 0 unspecified atom stereocenters. The molecule has 0 aliphatic heterocycles. The zero-order chi connectivity index (χ0) is 16.2. The molecule has 3 aromatic rings. The van der Waals surface area contributed by atoms with Gasteiger partial charge in [0.2, 0.25) is 0 Å². The van der Waals surface area contributed by atoms with Crippen LogP contribution in [-0.4, -0.2) is 5.91 Å². The number of rotatable bonds is 4. The minimum Gasteiger partial charge on any atom is -0.348 e. The van der Waals surface area contributed by atoms with Crippen molar-refractivity contribution in [1.29, 1.82) is 0 Å². The van der Waals surface area contributed by atoms with Gasteiger partial charge in [0, 0.05) is 17.0 Å². The van der Waals surface area contributed by atoms with Crippen LogP contribution in [0.2, 0.25) is 10.0 Å². The number of thiophene rings is 1. The highest BCUT2D eigenvalue weighted by atomic mass is 35.5. The first-order valence-corrected chi connectivity index (χ1v) is 8.63. The molecule has 3 rings (SSSR count). The quantitative estimate of drug-likeness (QED) is 0.638. The average Bonchev–Trinajstić information content (AvgIpc) is 3.10. The fourth-order valence-corrected chi connectivity index (χ4v) is 3.22. The first kappa shape index (κ1) is 16.1. The van der Waals surface area contributed by atoms with Crippen LogP contribution in [0.1, 0.15) is 15.9 Å². The van der Waals surface area contributed by atoms with Crippen LogP contribution in [0, 0.1) is 0 Å². The van der Waals surface area contributed by atoms with Crippen LogP contribution in [-0.2, 0) is 6.54 Å². The van der Waals surface area contributed by atoms with Gasteiger partial charge in [-0.05, 0) is 46.8 Å². The molecule has 0 aliphatic rings. The number of halogens is 2. The second-order valence-corrected chi connectivity index (χ2v) is 6.75. The van der Waals surface area contributed by atoms with Crippen LogP contribution in [0.15, 0.2) is 60.0 Å². The monoisotopic (exact) mass is 361 g/mol. The number of hydrogen-bond donors (Lipinski definition) is 1. The van der Waals surface area contributed by atoms with Crippen LogP contribution in [0.3, 0.4) is 0 Å². The van der Waals surface area contributed by atoms with E-state index in [2.05, 4.69) is 11.4 Å². The first-order valence-electron chi connectivity index (χ1n) is 6.99. The van der Waals surface area contributed by atoms with Gasteiger partial charge in [-0.2, -0.15) is 0 Å². The second-order valence-electron chi connectivity index (χ2n) is 4.99. The maximum Gasteiger partial charge on any atom is 0.251 e. The molecule has 1 amide bonds. The topological polar surface area (TPSA) is 29.1 Å². The number of hydrogen-bond acceptors (Lipinski definition) is 2. The van der Waals surface area contributed by atoms with Gasteiger partial charge < -0.3 is 5.32 Å². The highest BCUT2D eigenvalue weighted by Gasteiger charge is 2.07. The van der Waals surface area contributed by atoms with Crippen molar-refractivity contribution in [2.75, 3.05) is 0 Å². The largest absolute Gasteiger partial charge is 0.348 e. The Morgan fingerprint density at radius 1 is 1.00 bits per heavy atom. The summed E-state index contributed by atoms with van der Waals surface area (Å²) in [5, 5.41) is 5.90. The lowest BCUT2D eigenvalue weighted by atomic mass is 10.1. The summed E-state index contributed by atoms with van der Waals surface area (Å²) in [5.74, 6) is -0.117. The lowest BCUT2D eigenvalue weighted by molar-refractivity contribution is 0.0951. The van der Waals surface area contributed by atoms with E-state index in [9.17, 15) is 4.79 Å². The maximum atomic E-state index is 12.2. The standard InChI is InChI=1S/C18H13Cl2NOS/c19-15-8-3-12(10-16(15)20)11-21-18(22)14-6-4-13(5-7-14)17-2-1-9-23-17/h1-10H,11H2,(H,21,22). The predicted octanol–water partition coefficient (Wildman–Crippen LogP) is 5.65. The number of amides is 1. The Balaban J connectivity index is 1.65. The van der Waals surface area contributed by atoms with Crippen LogP contribution in [0.25, 0.3) is 10.4 Å². The Morgan fingerprint density at radius 2 is 1.78 bits per heavy atom. The van der Waals surface area contributed by atoms with E-state index >= 15 is 0 Å². The highest BCUT2D eigenvalue weighted by molar-refractivity contribution is 7.13. The molecule has 116 valence electrons. The van der Waals surface area contributed by atoms with E-state index in [1.165, 1.54) is 4.88 Å². The molecule has 1 aromatic heterocycles. The number of benzene rings is 2. The molecular weight excluding hydrogens is 349 g/mol. The van der Waals surface area contributed by atoms with Gasteiger partial charge in [0.25, 0.3) is 5.91 Å². The summed E-state index contributed by atoms with van der Waals surface area (Å²) >= 11 is 13.5. The third-order valence-electron chi connectivity index (χ3n) is 3.39. The normalized spacial score (nSPS) is 10.5. The molecule has 23 heavy (non-hydrogen) atoms. The van der Waals surface area contributed by atoms with Crippen LogP contribution in [0.4, 0.5) is 0 Å². The molecule has 2 nitrogen and oxygen atoms in total. The summed E-state index contributed by atoms with van der Waals surface area (Å²) in [7, 11) is 0. The van der Waals surface area contributed by atoms with Crippen molar-refractivity contribution in [3.63, 3.8) is 0 Å². The smallest absolute Gasteiger partial charge is 0.251 e. The Labute approximate surface area is 148 Å². The van der Waals surface area contributed by atoms with E-state index in [4.69, 9.17) is 23.2 Å². The Morgan fingerprint density at radius 3 is 2.43 bits per heavy atom. The summed E-state index contributed by atoms with van der Waals surface area (Å²) in [6.45, 7) is 0.405. The van der Waals surface area contributed by atoms with E-state index in [0.29, 0.717) is 22.2 Å². The highest BCUT2D eigenvalue weighted by Crippen LogP contribution is 2.25. The molecule has 0 spiro atoms. The average molecular weight is 362 g/mol. The summed E-state index contributed by atoms with van der Waals surface area (Å²) < 4.78 is 0. The van der Waals surface area contributed by atoms with E-state index in [1.54, 1.807) is 23.5 Å². The second kappa shape index (κ2) is 7.18. The van der Waals surface area contributed by atoms with Crippen molar-refractivity contribution < 1.29 is 4.79 Å². The molecule has 1 N–H and O–H groups in total. The lowest BCUT2D eigenvalue weighted by Crippen LogP contribution is -2.22. The fraction of sp³-hybridized carbons (Fsp3) is 0.0556. The SMILES string of the molecule is O=C(NCc1ccc(Cl)c(Cl)c1)c1ccc(-c2cccs2)cc1. The molecular formula is C18H13Cl2NOS. The minimum atomic E-state index is -0.117.